The number of nitrogens with one attached hydrogen (secondary N) is 1. The molecule has 0 aromatic rings. The number of rotatable bonds is 2. The molecule has 1 amide bonds. The molecule has 3 saturated carbocycles. The molecule has 0 aromatic heterocycles. The molecular formula is C20H35ClN2O2. The fraction of sp³-hybridized carbons (Fsp3) is 0.950. The second-order valence-corrected chi connectivity index (χ2v) is 9.09. The van der Waals surface area contributed by atoms with Gasteiger partial charge < -0.3 is 15.8 Å². The lowest BCUT2D eigenvalue weighted by atomic mass is 9.64. The van der Waals surface area contributed by atoms with Gasteiger partial charge in [0.05, 0.1) is 0 Å². The highest BCUT2D eigenvalue weighted by Crippen LogP contribution is 2.45. The van der Waals surface area contributed by atoms with Crippen LogP contribution < -0.4 is 11.1 Å². The van der Waals surface area contributed by atoms with Crippen molar-refractivity contribution < 1.29 is 9.53 Å². The average Bonchev–Trinajstić information content (AvgIpc) is 2.58. The molecule has 144 valence electrons. The number of carbonyl (C=O) groups excluding carboxylic acids is 1. The van der Waals surface area contributed by atoms with Gasteiger partial charge in [0.1, 0.15) is 0 Å². The Morgan fingerprint density at radius 2 is 1.56 bits per heavy atom. The van der Waals surface area contributed by atoms with E-state index in [0.717, 1.165) is 38.9 Å². The largest absolute Gasteiger partial charge is 0.381 e. The van der Waals surface area contributed by atoms with Crippen LogP contribution in [0.5, 0.6) is 0 Å². The zero-order valence-corrected chi connectivity index (χ0v) is 16.2. The Labute approximate surface area is 158 Å². The molecule has 1 heterocycles. The molecule has 5 heteroatoms. The predicted octanol–water partition coefficient (Wildman–Crippen LogP) is 3.42. The molecule has 4 rings (SSSR count). The molecule has 2 atom stereocenters. The van der Waals surface area contributed by atoms with Crippen molar-refractivity contribution in [3.63, 3.8) is 0 Å². The van der Waals surface area contributed by atoms with Gasteiger partial charge >= 0.3 is 0 Å². The van der Waals surface area contributed by atoms with Gasteiger partial charge in [-0.15, -0.1) is 12.4 Å². The first-order valence-corrected chi connectivity index (χ1v) is 10.3. The average molecular weight is 371 g/mol. The summed E-state index contributed by atoms with van der Waals surface area (Å²) in [6.45, 7) is 1.87. The molecule has 4 nitrogen and oxygen atoms in total. The smallest absolute Gasteiger partial charge is 0.223 e. The number of nitrogens with two attached hydrogens (primary N) is 1. The van der Waals surface area contributed by atoms with Crippen LogP contribution in [0.4, 0.5) is 0 Å². The maximum atomic E-state index is 12.8. The fourth-order valence-corrected chi connectivity index (χ4v) is 6.00. The van der Waals surface area contributed by atoms with E-state index in [0.29, 0.717) is 35.2 Å². The highest BCUT2D eigenvalue weighted by Gasteiger charge is 2.42. The van der Waals surface area contributed by atoms with E-state index in [9.17, 15) is 4.79 Å². The number of fused-ring (bicyclic) bond motifs is 2. The van der Waals surface area contributed by atoms with Crippen LogP contribution in [0.2, 0.25) is 0 Å². The van der Waals surface area contributed by atoms with Crippen LogP contribution in [0.15, 0.2) is 0 Å². The molecule has 4 fully saturated rings. The predicted molar refractivity (Wildman–Crippen MR) is 102 cm³/mol. The Hall–Kier alpha value is -0.320. The van der Waals surface area contributed by atoms with Crippen LogP contribution in [0, 0.1) is 23.2 Å². The van der Waals surface area contributed by atoms with Crippen molar-refractivity contribution in [3.05, 3.63) is 0 Å². The zero-order valence-electron chi connectivity index (χ0n) is 15.4. The molecule has 25 heavy (non-hydrogen) atoms. The van der Waals surface area contributed by atoms with Crippen LogP contribution in [-0.2, 0) is 9.53 Å². The Morgan fingerprint density at radius 1 is 0.960 bits per heavy atom. The summed E-state index contributed by atoms with van der Waals surface area (Å²) in [5.41, 5.74) is 6.89. The van der Waals surface area contributed by atoms with E-state index in [-0.39, 0.29) is 18.3 Å². The first kappa shape index (κ1) is 19.4. The van der Waals surface area contributed by atoms with Crippen LogP contribution in [0.25, 0.3) is 0 Å². The minimum absolute atomic E-state index is 0. The van der Waals surface area contributed by atoms with Gasteiger partial charge in [0, 0.05) is 31.2 Å². The molecule has 2 unspecified atom stereocenters. The number of ether oxygens (including phenoxy) is 1. The fourth-order valence-electron chi connectivity index (χ4n) is 6.00. The molecule has 1 aliphatic heterocycles. The van der Waals surface area contributed by atoms with Crippen molar-refractivity contribution in [1.82, 2.24) is 5.32 Å². The van der Waals surface area contributed by atoms with Crippen molar-refractivity contribution in [2.75, 3.05) is 13.2 Å². The second-order valence-electron chi connectivity index (χ2n) is 9.09. The minimum atomic E-state index is 0. The molecule has 4 aliphatic rings. The van der Waals surface area contributed by atoms with E-state index in [1.165, 1.54) is 44.9 Å². The lowest BCUT2D eigenvalue weighted by molar-refractivity contribution is -0.129. The first-order valence-electron chi connectivity index (χ1n) is 10.3. The standard InChI is InChI=1S/C20H34N2O2.ClH/c21-18-14-2-1-3-15(18)13-16(12-14)19(23)22-17-4-6-20(7-5-17)8-10-24-11-9-20;/h14-18H,1-13,21H2,(H,22,23);1H. The van der Waals surface area contributed by atoms with E-state index in [4.69, 9.17) is 10.5 Å². The SMILES string of the molecule is Cl.NC1C2CCCC1CC(C(=O)NC1CCC3(CCOCC3)CC1)C2. The highest BCUT2D eigenvalue weighted by molar-refractivity contribution is 5.85. The van der Waals surface area contributed by atoms with Gasteiger partial charge in [-0.3, -0.25) is 4.79 Å². The summed E-state index contributed by atoms with van der Waals surface area (Å²) in [6, 6.07) is 0.757. The zero-order chi connectivity index (χ0) is 16.6. The second kappa shape index (κ2) is 8.14. The third kappa shape index (κ3) is 4.17. The first-order chi connectivity index (χ1) is 11.7. The van der Waals surface area contributed by atoms with Gasteiger partial charge in [0.2, 0.25) is 5.91 Å². The summed E-state index contributed by atoms with van der Waals surface area (Å²) in [4.78, 5) is 12.8. The number of hydrogen-bond donors (Lipinski definition) is 2. The number of halogens is 1. The summed E-state index contributed by atoms with van der Waals surface area (Å²) in [5, 5.41) is 3.40. The summed E-state index contributed by atoms with van der Waals surface area (Å²) in [7, 11) is 0. The Morgan fingerprint density at radius 3 is 2.16 bits per heavy atom. The monoisotopic (exact) mass is 370 g/mol. The van der Waals surface area contributed by atoms with Crippen molar-refractivity contribution in [1.29, 1.82) is 0 Å². The lowest BCUT2D eigenvalue weighted by Gasteiger charge is -2.45. The molecule has 1 saturated heterocycles. The maximum Gasteiger partial charge on any atom is 0.223 e. The normalized spacial score (nSPS) is 38.0. The third-order valence-corrected chi connectivity index (χ3v) is 7.73. The van der Waals surface area contributed by atoms with E-state index >= 15 is 0 Å². The van der Waals surface area contributed by atoms with Crippen molar-refractivity contribution in [2.24, 2.45) is 28.9 Å². The summed E-state index contributed by atoms with van der Waals surface area (Å²) >= 11 is 0. The Kier molecular flexibility index (Phi) is 6.33. The van der Waals surface area contributed by atoms with Crippen LogP contribution >= 0.6 is 12.4 Å². The maximum absolute atomic E-state index is 12.8. The topological polar surface area (TPSA) is 64.4 Å². The van der Waals surface area contributed by atoms with Gasteiger partial charge in [-0.25, -0.2) is 0 Å². The van der Waals surface area contributed by atoms with Crippen LogP contribution in [0.3, 0.4) is 0 Å². The van der Waals surface area contributed by atoms with Gasteiger partial charge in [-0.05, 0) is 81.5 Å². The van der Waals surface area contributed by atoms with Gasteiger partial charge in [0.15, 0.2) is 0 Å². The molecule has 1 spiro atoms. The molecule has 3 N–H and O–H groups in total. The van der Waals surface area contributed by atoms with E-state index in [1.54, 1.807) is 0 Å². The van der Waals surface area contributed by atoms with Gasteiger partial charge in [0.25, 0.3) is 0 Å². The van der Waals surface area contributed by atoms with E-state index in [2.05, 4.69) is 5.32 Å². The third-order valence-electron chi connectivity index (χ3n) is 7.73. The highest BCUT2D eigenvalue weighted by atomic mass is 35.5. The Bertz CT molecular complexity index is 443. The van der Waals surface area contributed by atoms with Gasteiger partial charge in [-0.1, -0.05) is 6.42 Å². The van der Waals surface area contributed by atoms with E-state index in [1.807, 2.05) is 0 Å². The summed E-state index contributed by atoms with van der Waals surface area (Å²) < 4.78 is 5.53. The van der Waals surface area contributed by atoms with Crippen molar-refractivity contribution in [3.8, 4) is 0 Å². The molecular weight excluding hydrogens is 336 g/mol. The van der Waals surface area contributed by atoms with Crippen molar-refractivity contribution in [2.45, 2.75) is 82.7 Å². The number of hydrogen-bond acceptors (Lipinski definition) is 3. The molecule has 0 radical (unpaired) electrons. The molecule has 0 aromatic carbocycles. The quantitative estimate of drug-likeness (QED) is 0.782. The number of amides is 1. The summed E-state index contributed by atoms with van der Waals surface area (Å²) in [6.07, 6.45) is 13.1. The molecule has 3 aliphatic carbocycles. The van der Waals surface area contributed by atoms with Gasteiger partial charge in [-0.2, -0.15) is 0 Å². The number of carbonyl (C=O) groups is 1. The van der Waals surface area contributed by atoms with Crippen LogP contribution in [-0.4, -0.2) is 31.2 Å². The molecule has 2 bridgehead atoms. The Balaban J connectivity index is 0.00000182. The summed E-state index contributed by atoms with van der Waals surface area (Å²) in [5.74, 6) is 1.72. The minimum Gasteiger partial charge on any atom is -0.381 e. The van der Waals surface area contributed by atoms with E-state index < -0.39 is 0 Å². The van der Waals surface area contributed by atoms with Crippen molar-refractivity contribution >= 4 is 18.3 Å². The lowest BCUT2D eigenvalue weighted by Crippen LogP contribution is -2.51. The van der Waals surface area contributed by atoms with Crippen LogP contribution in [0.1, 0.15) is 70.6 Å².